The molecular weight excluding hydrogens is 360 g/mol. The van der Waals surface area contributed by atoms with E-state index in [1.54, 1.807) is 24.8 Å². The third-order valence-electron chi connectivity index (χ3n) is 5.98. The molecule has 0 radical (unpaired) electrons. The van der Waals surface area contributed by atoms with Gasteiger partial charge in [0.1, 0.15) is 23.4 Å². The van der Waals surface area contributed by atoms with Gasteiger partial charge in [-0.2, -0.15) is 5.26 Å². The number of aryl methyl sites for hydroxylation is 1. The lowest BCUT2D eigenvalue weighted by Crippen LogP contribution is -2.34. The van der Waals surface area contributed by atoms with E-state index in [1.807, 2.05) is 7.05 Å². The minimum absolute atomic E-state index is 0.217. The van der Waals surface area contributed by atoms with Crippen molar-refractivity contribution < 1.29 is 9.47 Å². The maximum absolute atomic E-state index is 9.28. The summed E-state index contributed by atoms with van der Waals surface area (Å²) in [4.78, 5) is 11.4. The van der Waals surface area contributed by atoms with Crippen LogP contribution in [0.3, 0.4) is 0 Å². The van der Waals surface area contributed by atoms with Crippen LogP contribution in [0.15, 0.2) is 6.33 Å². The Hall–Kier alpha value is -1.75. The molecule has 0 aromatic carbocycles. The van der Waals surface area contributed by atoms with Crippen LogP contribution in [0.25, 0.3) is 10.2 Å². The van der Waals surface area contributed by atoms with E-state index in [2.05, 4.69) is 21.4 Å². The van der Waals surface area contributed by atoms with E-state index in [-0.39, 0.29) is 12.2 Å². The summed E-state index contributed by atoms with van der Waals surface area (Å²) in [6.07, 6.45) is 8.64. The van der Waals surface area contributed by atoms with Gasteiger partial charge in [-0.1, -0.05) is 0 Å². The molecule has 0 amide bonds. The van der Waals surface area contributed by atoms with Gasteiger partial charge in [-0.25, -0.2) is 9.97 Å². The quantitative estimate of drug-likeness (QED) is 0.818. The Bertz CT molecular complexity index is 838. The van der Waals surface area contributed by atoms with E-state index in [1.165, 1.54) is 10.4 Å². The van der Waals surface area contributed by atoms with Crippen LogP contribution >= 0.6 is 11.3 Å². The first-order valence-corrected chi connectivity index (χ1v) is 10.6. The van der Waals surface area contributed by atoms with Crippen LogP contribution < -0.4 is 10.1 Å². The smallest absolute Gasteiger partial charge is 0.225 e. The SMILES string of the molecule is CN[C@H]1CC[C@H](Oc2ncnc3sc4c(c23)[C@@H](CC(C#N)OC)CC4)CC1. The maximum atomic E-state index is 9.28. The number of rotatable bonds is 6. The average molecular weight is 387 g/mol. The van der Waals surface area contributed by atoms with Gasteiger partial charge in [0.2, 0.25) is 5.88 Å². The summed E-state index contributed by atoms with van der Waals surface area (Å²) in [7, 11) is 3.64. The molecule has 0 bridgehead atoms. The zero-order valence-corrected chi connectivity index (χ0v) is 16.7. The fourth-order valence-electron chi connectivity index (χ4n) is 4.45. The second-order valence-electron chi connectivity index (χ2n) is 7.50. The number of methoxy groups -OCH3 is 1. The molecule has 4 rings (SSSR count). The van der Waals surface area contributed by atoms with Gasteiger partial charge in [0.25, 0.3) is 0 Å². The van der Waals surface area contributed by atoms with Gasteiger partial charge >= 0.3 is 0 Å². The fraction of sp³-hybridized carbons (Fsp3) is 0.650. The van der Waals surface area contributed by atoms with Crippen LogP contribution in [0, 0.1) is 11.3 Å². The van der Waals surface area contributed by atoms with Crippen molar-refractivity contribution in [3.63, 3.8) is 0 Å². The number of hydrogen-bond acceptors (Lipinski definition) is 7. The summed E-state index contributed by atoms with van der Waals surface area (Å²) in [5.74, 6) is 1.04. The van der Waals surface area contributed by atoms with E-state index >= 15 is 0 Å². The van der Waals surface area contributed by atoms with Crippen LogP contribution in [0.4, 0.5) is 0 Å². The normalized spacial score (nSPS) is 25.9. The number of thiophene rings is 1. The molecule has 1 saturated carbocycles. The summed E-state index contributed by atoms with van der Waals surface area (Å²) in [5.41, 5.74) is 1.30. The molecule has 2 atom stereocenters. The first-order valence-electron chi connectivity index (χ1n) is 9.76. The van der Waals surface area contributed by atoms with Crippen molar-refractivity contribution in [3.8, 4) is 11.9 Å². The molecular formula is C20H26N4O2S. The topological polar surface area (TPSA) is 80.1 Å². The van der Waals surface area contributed by atoms with Crippen LogP contribution in [0.5, 0.6) is 5.88 Å². The Kier molecular flexibility index (Phi) is 5.58. The Morgan fingerprint density at radius 2 is 2.11 bits per heavy atom. The molecule has 0 saturated heterocycles. The van der Waals surface area contributed by atoms with E-state index < -0.39 is 0 Å². The highest BCUT2D eigenvalue weighted by Gasteiger charge is 2.32. The number of nitrogens with one attached hydrogen (secondary N) is 1. The van der Waals surface area contributed by atoms with Crippen molar-refractivity contribution in [1.29, 1.82) is 5.26 Å². The maximum Gasteiger partial charge on any atom is 0.225 e. The highest BCUT2D eigenvalue weighted by Crippen LogP contribution is 2.47. The number of ether oxygens (including phenoxy) is 2. The highest BCUT2D eigenvalue weighted by molar-refractivity contribution is 7.19. The van der Waals surface area contributed by atoms with Gasteiger partial charge < -0.3 is 14.8 Å². The average Bonchev–Trinajstić information content (AvgIpc) is 3.26. The van der Waals surface area contributed by atoms with Gasteiger partial charge in [-0.15, -0.1) is 11.3 Å². The van der Waals surface area contributed by atoms with Crippen molar-refractivity contribution in [1.82, 2.24) is 15.3 Å². The third kappa shape index (κ3) is 3.66. The molecule has 144 valence electrons. The van der Waals surface area contributed by atoms with Gasteiger partial charge in [0, 0.05) is 18.0 Å². The molecule has 2 aromatic rings. The number of hydrogen-bond donors (Lipinski definition) is 1. The van der Waals surface area contributed by atoms with Crippen LogP contribution in [0.2, 0.25) is 0 Å². The number of nitriles is 1. The molecule has 1 N–H and O–H groups in total. The van der Waals surface area contributed by atoms with E-state index in [4.69, 9.17) is 9.47 Å². The molecule has 2 aliphatic rings. The molecule has 2 aromatic heterocycles. The van der Waals surface area contributed by atoms with Crippen LogP contribution in [-0.4, -0.2) is 42.4 Å². The van der Waals surface area contributed by atoms with Crippen LogP contribution in [0.1, 0.15) is 54.9 Å². The van der Waals surface area contributed by atoms with Gasteiger partial charge in [-0.05, 0) is 63.5 Å². The Morgan fingerprint density at radius 1 is 1.30 bits per heavy atom. The summed E-state index contributed by atoms with van der Waals surface area (Å²) < 4.78 is 11.7. The number of nitrogens with zero attached hydrogens (tertiary/aromatic N) is 3. The molecule has 6 nitrogen and oxygen atoms in total. The second kappa shape index (κ2) is 8.09. The molecule has 0 spiro atoms. The van der Waals surface area contributed by atoms with E-state index in [0.29, 0.717) is 18.4 Å². The first-order chi connectivity index (χ1) is 13.2. The standard InChI is InChI=1S/C20H26N4O2S/c1-22-13-4-6-14(7-5-13)26-19-18-17-12(9-15(10-21)25-2)3-8-16(17)27-20(18)24-11-23-19/h11-15,22H,3-9H2,1-2H3/t12-,13-,14-,15?/m1/s1. The molecule has 1 fully saturated rings. The molecule has 7 heteroatoms. The summed E-state index contributed by atoms with van der Waals surface area (Å²) >= 11 is 1.75. The third-order valence-corrected chi connectivity index (χ3v) is 7.16. The van der Waals surface area contributed by atoms with Gasteiger partial charge in [-0.3, -0.25) is 0 Å². The summed E-state index contributed by atoms with van der Waals surface area (Å²) in [6, 6.07) is 2.85. The Morgan fingerprint density at radius 3 is 2.81 bits per heavy atom. The summed E-state index contributed by atoms with van der Waals surface area (Å²) in [5, 5.41) is 13.7. The fourth-order valence-corrected chi connectivity index (χ4v) is 5.68. The van der Waals surface area contributed by atoms with Crippen molar-refractivity contribution in [2.45, 2.75) is 69.1 Å². The minimum atomic E-state index is -0.373. The molecule has 27 heavy (non-hydrogen) atoms. The Balaban J connectivity index is 1.61. The van der Waals surface area contributed by atoms with E-state index in [0.717, 1.165) is 54.6 Å². The minimum Gasteiger partial charge on any atom is -0.474 e. The first kappa shape index (κ1) is 18.6. The highest BCUT2D eigenvalue weighted by atomic mass is 32.1. The monoisotopic (exact) mass is 386 g/mol. The molecule has 2 heterocycles. The lowest BCUT2D eigenvalue weighted by molar-refractivity contribution is 0.132. The van der Waals surface area contributed by atoms with Gasteiger partial charge in [0.05, 0.1) is 11.5 Å². The molecule has 1 unspecified atom stereocenters. The molecule has 0 aliphatic heterocycles. The largest absolute Gasteiger partial charge is 0.474 e. The number of aromatic nitrogens is 2. The Labute approximate surface area is 163 Å². The second-order valence-corrected chi connectivity index (χ2v) is 8.59. The zero-order chi connectivity index (χ0) is 18.8. The summed E-state index contributed by atoms with van der Waals surface area (Å²) in [6.45, 7) is 0. The van der Waals surface area contributed by atoms with Crippen LogP contribution in [-0.2, 0) is 11.2 Å². The lowest BCUT2D eigenvalue weighted by atomic mass is 9.93. The predicted octanol–water partition coefficient (Wildman–Crippen LogP) is 3.56. The number of fused-ring (bicyclic) bond motifs is 3. The predicted molar refractivity (Wildman–Crippen MR) is 105 cm³/mol. The van der Waals surface area contributed by atoms with Crippen molar-refractivity contribution >= 4 is 21.6 Å². The lowest BCUT2D eigenvalue weighted by Gasteiger charge is -2.28. The van der Waals surface area contributed by atoms with Gasteiger partial charge in [0.15, 0.2) is 0 Å². The molecule has 2 aliphatic carbocycles. The van der Waals surface area contributed by atoms with Crippen molar-refractivity contribution in [3.05, 3.63) is 16.8 Å². The van der Waals surface area contributed by atoms with Crippen molar-refractivity contribution in [2.24, 2.45) is 0 Å². The zero-order valence-electron chi connectivity index (χ0n) is 15.9. The van der Waals surface area contributed by atoms with E-state index in [9.17, 15) is 5.26 Å². The van der Waals surface area contributed by atoms with Crippen molar-refractivity contribution in [2.75, 3.05) is 14.2 Å².